The van der Waals surface area contributed by atoms with Crippen LogP contribution in [0.1, 0.15) is 76.0 Å². The molecule has 0 saturated carbocycles. The van der Waals surface area contributed by atoms with Crippen LogP contribution >= 0.6 is 0 Å². The van der Waals surface area contributed by atoms with Crippen molar-refractivity contribution in [1.82, 2.24) is 0 Å². The van der Waals surface area contributed by atoms with Gasteiger partial charge in [-0.05, 0) is 34.4 Å². The van der Waals surface area contributed by atoms with Gasteiger partial charge in [0.2, 0.25) is 0 Å². The van der Waals surface area contributed by atoms with E-state index < -0.39 is 10.1 Å². The Morgan fingerprint density at radius 3 is 1.40 bits per heavy atom. The second-order valence-corrected chi connectivity index (χ2v) is 7.26. The van der Waals surface area contributed by atoms with Gasteiger partial charge in [-0.2, -0.15) is 0 Å². The van der Waals surface area contributed by atoms with Crippen molar-refractivity contribution < 1.29 is 64.4 Å². The van der Waals surface area contributed by atoms with Gasteiger partial charge in [0, 0.05) is 0 Å². The second kappa shape index (κ2) is 7.86. The average Bonchev–Trinajstić information content (AvgIpc) is 2.25. The zero-order chi connectivity index (χ0) is 15.0. The minimum atomic E-state index is -4.45. The van der Waals surface area contributed by atoms with Crippen LogP contribution in [0.4, 0.5) is 0 Å². The van der Waals surface area contributed by atoms with E-state index in [-0.39, 0.29) is 68.1 Å². The molecule has 0 N–H and O–H groups in total. The molecular weight excluding hydrogens is 299 g/mol. The van der Waals surface area contributed by atoms with Crippen LogP contribution in [0, 0.1) is 0 Å². The topological polar surface area (TPSA) is 57.2 Å². The van der Waals surface area contributed by atoms with Gasteiger partial charge in [-0.1, -0.05) is 53.7 Å². The Labute approximate surface area is 165 Å². The second-order valence-electron chi connectivity index (χ2n) is 5.95. The monoisotopic (exact) mass is 322 g/mol. The molecule has 3 nitrogen and oxygen atoms in total. The van der Waals surface area contributed by atoms with Gasteiger partial charge in [0.05, 0.1) is 4.90 Å². The smallest absolute Gasteiger partial charge is 0.744 e. The van der Waals surface area contributed by atoms with E-state index in [0.29, 0.717) is 17.0 Å². The van der Waals surface area contributed by atoms with Crippen molar-refractivity contribution in [2.24, 2.45) is 0 Å². The summed E-state index contributed by atoms with van der Waals surface area (Å²) in [5.74, 6) is 0.322. The maximum absolute atomic E-state index is 11.6. The van der Waals surface area contributed by atoms with Crippen LogP contribution in [-0.4, -0.2) is 13.0 Å². The van der Waals surface area contributed by atoms with Crippen molar-refractivity contribution in [3.63, 3.8) is 0 Å². The molecule has 0 aliphatic rings. The molecule has 0 heterocycles. The molecule has 0 aromatic heterocycles. The predicted molar refractivity (Wildman–Crippen MR) is 76.7 cm³/mol. The molecule has 108 valence electrons. The molecule has 1 aromatic carbocycles. The molecule has 0 unspecified atom stereocenters. The first kappa shape index (κ1) is 20.8. The molecule has 0 radical (unpaired) electrons. The van der Waals surface area contributed by atoms with Crippen LogP contribution in [0.3, 0.4) is 0 Å². The Bertz CT molecular complexity index is 531. The van der Waals surface area contributed by atoms with Crippen LogP contribution in [0.5, 0.6) is 0 Å². The summed E-state index contributed by atoms with van der Waals surface area (Å²) in [6, 6.07) is 3.73. The molecule has 0 amide bonds. The molecule has 5 heteroatoms. The summed E-state index contributed by atoms with van der Waals surface area (Å²) < 4.78 is 34.8. The minimum Gasteiger partial charge on any atom is -0.744 e. The van der Waals surface area contributed by atoms with Crippen LogP contribution in [0.15, 0.2) is 17.0 Å². The van der Waals surface area contributed by atoms with Crippen LogP contribution in [0.25, 0.3) is 0 Å². The summed E-state index contributed by atoms with van der Waals surface area (Å²) in [6.07, 6.45) is 0. The zero-order valence-electron chi connectivity index (χ0n) is 13.5. The van der Waals surface area contributed by atoms with Gasteiger partial charge < -0.3 is 4.55 Å². The van der Waals surface area contributed by atoms with Crippen molar-refractivity contribution in [3.05, 3.63) is 28.8 Å². The van der Waals surface area contributed by atoms with E-state index in [4.69, 9.17) is 0 Å². The van der Waals surface area contributed by atoms with Crippen LogP contribution in [-0.2, 0) is 10.1 Å². The molecule has 0 bridgehead atoms. The van der Waals surface area contributed by atoms with Gasteiger partial charge in [0.15, 0.2) is 0 Å². The summed E-state index contributed by atoms with van der Waals surface area (Å²) in [6.45, 7) is 11.8. The van der Waals surface area contributed by atoms with E-state index in [0.717, 1.165) is 5.56 Å². The van der Waals surface area contributed by atoms with Crippen molar-refractivity contribution >= 4 is 10.1 Å². The SMILES string of the molecule is CC(C)c1cc(C(C)C)c(S(=O)(=O)[O-])c(C(C)C)c1.[K+]. The first-order chi connectivity index (χ1) is 8.55. The zero-order valence-corrected chi connectivity index (χ0v) is 17.5. The van der Waals surface area contributed by atoms with Gasteiger partial charge in [-0.15, -0.1) is 0 Å². The third-order valence-electron chi connectivity index (χ3n) is 3.33. The Hall–Kier alpha value is 0.766. The number of benzene rings is 1. The molecule has 20 heavy (non-hydrogen) atoms. The first-order valence-corrected chi connectivity index (χ1v) is 8.10. The quantitative estimate of drug-likeness (QED) is 0.613. The van der Waals surface area contributed by atoms with Crippen LogP contribution in [0.2, 0.25) is 0 Å². The van der Waals surface area contributed by atoms with Gasteiger partial charge >= 0.3 is 51.4 Å². The van der Waals surface area contributed by atoms with Crippen molar-refractivity contribution in [2.45, 2.75) is 64.2 Å². The van der Waals surface area contributed by atoms with E-state index in [1.54, 1.807) is 0 Å². The molecular formula is C15H23KO3S. The molecule has 1 rings (SSSR count). The Kier molecular flexibility index (Phi) is 8.16. The van der Waals surface area contributed by atoms with Gasteiger partial charge in [-0.25, -0.2) is 8.42 Å². The fourth-order valence-electron chi connectivity index (χ4n) is 2.18. The number of rotatable bonds is 4. The summed E-state index contributed by atoms with van der Waals surface area (Å²) in [5, 5.41) is 0. The minimum absolute atomic E-state index is 0. The van der Waals surface area contributed by atoms with E-state index in [1.165, 1.54) is 0 Å². The third kappa shape index (κ3) is 4.90. The molecule has 0 spiro atoms. The van der Waals surface area contributed by atoms with Gasteiger partial charge in [-0.3, -0.25) is 0 Å². The van der Waals surface area contributed by atoms with Gasteiger partial charge in [0.1, 0.15) is 10.1 Å². The molecule has 0 atom stereocenters. The Morgan fingerprint density at radius 2 is 1.20 bits per heavy atom. The van der Waals surface area contributed by atoms with Crippen LogP contribution < -0.4 is 51.4 Å². The Balaban J connectivity index is 0.00000361. The maximum Gasteiger partial charge on any atom is 1.00 e. The van der Waals surface area contributed by atoms with Crippen molar-refractivity contribution in [1.29, 1.82) is 0 Å². The number of hydrogen-bond acceptors (Lipinski definition) is 3. The fraction of sp³-hybridized carbons (Fsp3) is 0.600. The molecule has 0 aliphatic carbocycles. The van der Waals surface area contributed by atoms with Crippen molar-refractivity contribution in [3.8, 4) is 0 Å². The largest absolute Gasteiger partial charge is 1.00 e. The van der Waals surface area contributed by atoms with E-state index >= 15 is 0 Å². The summed E-state index contributed by atoms with van der Waals surface area (Å²) in [5.41, 5.74) is 2.37. The van der Waals surface area contributed by atoms with E-state index in [2.05, 4.69) is 13.8 Å². The molecule has 0 aliphatic heterocycles. The Morgan fingerprint density at radius 1 is 0.850 bits per heavy atom. The van der Waals surface area contributed by atoms with Gasteiger partial charge in [0.25, 0.3) is 0 Å². The standard InChI is InChI=1S/C15H24O3S.K/c1-9(2)12-7-13(10(3)4)15(19(16,17)18)14(8-12)11(5)6;/h7-11H,1-6H3,(H,16,17,18);/q;+1/p-1. The summed E-state index contributed by atoms with van der Waals surface area (Å²) >= 11 is 0. The fourth-order valence-corrected chi connectivity index (χ4v) is 3.34. The number of hydrogen-bond donors (Lipinski definition) is 0. The molecule has 1 aromatic rings. The van der Waals surface area contributed by atoms with Crippen molar-refractivity contribution in [2.75, 3.05) is 0 Å². The van der Waals surface area contributed by atoms with E-state index in [1.807, 2.05) is 39.8 Å². The third-order valence-corrected chi connectivity index (χ3v) is 4.30. The average molecular weight is 323 g/mol. The summed E-state index contributed by atoms with van der Waals surface area (Å²) in [7, 11) is -4.45. The summed E-state index contributed by atoms with van der Waals surface area (Å²) in [4.78, 5) is -0.0121. The maximum atomic E-state index is 11.6. The first-order valence-electron chi connectivity index (χ1n) is 6.69. The molecule has 0 saturated heterocycles. The normalized spacial score (nSPS) is 12.1. The van der Waals surface area contributed by atoms with E-state index in [9.17, 15) is 13.0 Å². The predicted octanol–water partition coefficient (Wildman–Crippen LogP) is 0.965. The molecule has 0 fully saturated rings.